The summed E-state index contributed by atoms with van der Waals surface area (Å²) in [6.07, 6.45) is -4.78. The van der Waals surface area contributed by atoms with Crippen LogP contribution in [-0.4, -0.2) is 64.0 Å². The van der Waals surface area contributed by atoms with E-state index in [2.05, 4.69) is 15.2 Å². The Hall–Kier alpha value is -3.68. The average Bonchev–Trinajstić information content (AvgIpc) is 3.12. The molecular formula is C23H25F4N5O5. The summed E-state index contributed by atoms with van der Waals surface area (Å²) in [7, 11) is 2.71. The zero-order valence-electron chi connectivity index (χ0n) is 20.3. The quantitative estimate of drug-likeness (QED) is 0.483. The van der Waals surface area contributed by atoms with Crippen LogP contribution >= 0.6 is 0 Å². The molecule has 14 heteroatoms. The lowest BCUT2D eigenvalue weighted by Gasteiger charge is -2.33. The number of anilines is 1. The Kier molecular flexibility index (Phi) is 7.13. The van der Waals surface area contributed by atoms with Crippen molar-refractivity contribution < 1.29 is 41.5 Å². The number of nitrogens with zero attached hydrogens (tertiary/aromatic N) is 4. The van der Waals surface area contributed by atoms with Gasteiger partial charge in [-0.15, -0.1) is 0 Å². The van der Waals surface area contributed by atoms with E-state index in [0.29, 0.717) is 29.8 Å². The second kappa shape index (κ2) is 10.00. The lowest BCUT2D eigenvalue weighted by atomic mass is 9.99. The van der Waals surface area contributed by atoms with E-state index < -0.39 is 47.6 Å². The van der Waals surface area contributed by atoms with Gasteiger partial charge in [-0.3, -0.25) is 19.1 Å². The first-order valence-electron chi connectivity index (χ1n) is 11.4. The van der Waals surface area contributed by atoms with Crippen molar-refractivity contribution in [2.45, 2.75) is 57.6 Å². The Labute approximate surface area is 209 Å². The predicted octanol–water partition coefficient (Wildman–Crippen LogP) is 3.36. The number of hydroxylamine groups is 2. The van der Waals surface area contributed by atoms with Gasteiger partial charge in [-0.2, -0.15) is 18.3 Å². The summed E-state index contributed by atoms with van der Waals surface area (Å²) in [6.45, 7) is 1.90. The number of aromatic nitrogens is 2. The maximum Gasteiger partial charge on any atom is 0.419 e. The average molecular weight is 527 g/mol. The number of nitrogens with one attached hydrogen (secondary N) is 1. The normalized spacial score (nSPS) is 19.7. The second-order valence-electron chi connectivity index (χ2n) is 8.90. The molecule has 3 heterocycles. The number of fused-ring (bicyclic) bond motifs is 3. The van der Waals surface area contributed by atoms with E-state index in [1.54, 1.807) is 6.92 Å². The number of amides is 3. The summed E-state index contributed by atoms with van der Waals surface area (Å²) in [5.74, 6) is -2.35. The van der Waals surface area contributed by atoms with Gasteiger partial charge in [-0.05, 0) is 31.5 Å². The summed E-state index contributed by atoms with van der Waals surface area (Å²) >= 11 is 0. The number of carbonyl (C=O) groups excluding carboxylic acids is 3. The van der Waals surface area contributed by atoms with Gasteiger partial charge in [-0.25, -0.2) is 14.2 Å². The molecule has 0 spiro atoms. The van der Waals surface area contributed by atoms with Crippen molar-refractivity contribution >= 4 is 23.6 Å². The Balaban J connectivity index is 1.56. The molecular weight excluding hydrogens is 502 g/mol. The van der Waals surface area contributed by atoms with Crippen LogP contribution in [0.1, 0.15) is 47.1 Å². The molecule has 200 valence electrons. The summed E-state index contributed by atoms with van der Waals surface area (Å²) < 4.78 is 59.0. The monoisotopic (exact) mass is 527 g/mol. The SMILES string of the molecule is COC(=O)CC[C@@H]1Cn2nc3c(c2C(=O)N(C)O1)CN(C(=O)Nc1ccc(F)c(C(F)(F)F)c1)[C@H](C)C3. The molecule has 3 amide bonds. The van der Waals surface area contributed by atoms with E-state index in [0.717, 1.165) is 11.1 Å². The highest BCUT2D eigenvalue weighted by molar-refractivity contribution is 5.94. The molecule has 10 nitrogen and oxygen atoms in total. The number of rotatable bonds is 4. The molecule has 0 radical (unpaired) electrons. The summed E-state index contributed by atoms with van der Waals surface area (Å²) in [6, 6.07) is 1.11. The van der Waals surface area contributed by atoms with Gasteiger partial charge in [0.2, 0.25) is 0 Å². The van der Waals surface area contributed by atoms with E-state index >= 15 is 0 Å². The Bertz CT molecular complexity index is 1230. The Morgan fingerprint density at radius 1 is 1.30 bits per heavy atom. The summed E-state index contributed by atoms with van der Waals surface area (Å²) in [5.41, 5.74) is -0.371. The molecule has 0 unspecified atom stereocenters. The summed E-state index contributed by atoms with van der Waals surface area (Å²) in [5, 5.41) is 8.00. The molecule has 0 bridgehead atoms. The molecule has 2 aliphatic heterocycles. The predicted molar refractivity (Wildman–Crippen MR) is 120 cm³/mol. The van der Waals surface area contributed by atoms with Crippen LogP contribution in [0.25, 0.3) is 0 Å². The number of esters is 1. The maximum absolute atomic E-state index is 13.6. The van der Waals surface area contributed by atoms with Crippen LogP contribution in [0.2, 0.25) is 0 Å². The van der Waals surface area contributed by atoms with Gasteiger partial charge in [0.05, 0.1) is 31.5 Å². The molecule has 0 saturated heterocycles. The molecule has 2 aliphatic rings. The van der Waals surface area contributed by atoms with E-state index in [-0.39, 0.29) is 37.3 Å². The van der Waals surface area contributed by atoms with Crippen LogP contribution in [0.5, 0.6) is 0 Å². The molecule has 1 N–H and O–H groups in total. The molecule has 1 aromatic carbocycles. The van der Waals surface area contributed by atoms with Crippen LogP contribution in [0.4, 0.5) is 28.0 Å². The Morgan fingerprint density at radius 3 is 2.70 bits per heavy atom. The van der Waals surface area contributed by atoms with Crippen molar-refractivity contribution in [3.05, 3.63) is 46.5 Å². The first-order chi connectivity index (χ1) is 17.4. The molecule has 0 fully saturated rings. The minimum absolute atomic E-state index is 0.0304. The molecule has 1 aromatic heterocycles. The van der Waals surface area contributed by atoms with Gasteiger partial charge in [0, 0.05) is 37.2 Å². The van der Waals surface area contributed by atoms with Crippen molar-refractivity contribution in [1.29, 1.82) is 0 Å². The highest BCUT2D eigenvalue weighted by atomic mass is 19.4. The third kappa shape index (κ3) is 5.38. The zero-order valence-corrected chi connectivity index (χ0v) is 20.3. The largest absolute Gasteiger partial charge is 0.469 e. The van der Waals surface area contributed by atoms with Gasteiger partial charge in [0.1, 0.15) is 17.6 Å². The van der Waals surface area contributed by atoms with Crippen LogP contribution in [0.15, 0.2) is 18.2 Å². The number of urea groups is 1. The van der Waals surface area contributed by atoms with Crippen molar-refractivity contribution in [3.63, 3.8) is 0 Å². The topological polar surface area (TPSA) is 106 Å². The van der Waals surface area contributed by atoms with Crippen molar-refractivity contribution in [3.8, 4) is 0 Å². The molecule has 2 atom stereocenters. The van der Waals surface area contributed by atoms with Crippen LogP contribution < -0.4 is 5.32 Å². The number of benzene rings is 1. The number of hydrogen-bond donors (Lipinski definition) is 1. The van der Waals surface area contributed by atoms with Crippen LogP contribution in [0.3, 0.4) is 0 Å². The lowest BCUT2D eigenvalue weighted by Crippen LogP contribution is -2.45. The third-order valence-electron chi connectivity index (χ3n) is 6.34. The standard InChI is InChI=1S/C23H25F4N5O5/c1-12-8-18-15(11-31(12)22(35)28-13-4-6-17(24)16(9-13)23(25,26)27)20-21(34)30(2)37-14(10-32(20)29-18)5-7-19(33)36-3/h4,6,9,12,14H,5,7-8,10-11H2,1-3H3,(H,28,35)/t12-,14-/m1/s1. The molecule has 4 rings (SSSR count). The second-order valence-corrected chi connectivity index (χ2v) is 8.90. The maximum atomic E-state index is 13.6. The van der Waals surface area contributed by atoms with Crippen molar-refractivity contribution in [1.82, 2.24) is 19.7 Å². The minimum atomic E-state index is -4.92. The fourth-order valence-corrected chi connectivity index (χ4v) is 4.43. The highest BCUT2D eigenvalue weighted by Gasteiger charge is 2.38. The van der Waals surface area contributed by atoms with Gasteiger partial charge in [0.15, 0.2) is 0 Å². The number of hydrogen-bond acceptors (Lipinski definition) is 6. The number of carbonyl (C=O) groups is 3. The van der Waals surface area contributed by atoms with Gasteiger partial charge in [-0.1, -0.05) is 0 Å². The van der Waals surface area contributed by atoms with Gasteiger partial charge in [0.25, 0.3) is 5.91 Å². The lowest BCUT2D eigenvalue weighted by molar-refractivity contribution is -0.156. The van der Waals surface area contributed by atoms with Crippen LogP contribution in [0, 0.1) is 5.82 Å². The van der Waals surface area contributed by atoms with Crippen molar-refractivity contribution in [2.75, 3.05) is 19.5 Å². The highest BCUT2D eigenvalue weighted by Crippen LogP contribution is 2.34. The minimum Gasteiger partial charge on any atom is -0.469 e. The van der Waals surface area contributed by atoms with E-state index in [1.165, 1.54) is 23.7 Å². The van der Waals surface area contributed by atoms with Gasteiger partial charge < -0.3 is 15.0 Å². The van der Waals surface area contributed by atoms with E-state index in [4.69, 9.17) is 4.84 Å². The van der Waals surface area contributed by atoms with E-state index in [9.17, 15) is 31.9 Å². The smallest absolute Gasteiger partial charge is 0.419 e. The molecule has 0 aliphatic carbocycles. The number of halogens is 4. The number of methoxy groups -OCH3 is 1. The molecule has 37 heavy (non-hydrogen) atoms. The first kappa shape index (κ1) is 26.4. The third-order valence-corrected chi connectivity index (χ3v) is 6.34. The summed E-state index contributed by atoms with van der Waals surface area (Å²) in [4.78, 5) is 44.7. The van der Waals surface area contributed by atoms with E-state index in [1.807, 2.05) is 0 Å². The van der Waals surface area contributed by atoms with Gasteiger partial charge >= 0.3 is 18.2 Å². The molecule has 0 saturated carbocycles. The number of alkyl halides is 3. The number of ether oxygens (including phenoxy) is 1. The first-order valence-corrected chi connectivity index (χ1v) is 11.4. The van der Waals surface area contributed by atoms with Crippen molar-refractivity contribution in [2.24, 2.45) is 0 Å². The fourth-order valence-electron chi connectivity index (χ4n) is 4.43. The zero-order chi connectivity index (χ0) is 27.1. The molecule has 2 aromatic rings. The Morgan fingerprint density at radius 2 is 2.03 bits per heavy atom. The fraction of sp³-hybridized carbons (Fsp3) is 0.478. The van der Waals surface area contributed by atoms with Crippen LogP contribution in [-0.2, 0) is 40.1 Å².